The first kappa shape index (κ1) is 15.7. The summed E-state index contributed by atoms with van der Waals surface area (Å²) >= 11 is 0. The summed E-state index contributed by atoms with van der Waals surface area (Å²) in [5.74, 6) is 0. The summed E-state index contributed by atoms with van der Waals surface area (Å²) in [6, 6.07) is 0. The van der Waals surface area contributed by atoms with Crippen molar-refractivity contribution in [2.24, 2.45) is 0 Å². The Morgan fingerprint density at radius 3 is 1.43 bits per heavy atom. The molecule has 0 N–H and O–H groups in total. The van der Waals surface area contributed by atoms with Crippen LogP contribution in [0.25, 0.3) is 5.32 Å². The molecule has 0 aliphatic carbocycles. The van der Waals surface area contributed by atoms with E-state index >= 15 is 0 Å². The van der Waals surface area contributed by atoms with Gasteiger partial charge in [-0.05, 0) is 0 Å². The van der Waals surface area contributed by atoms with Gasteiger partial charge in [0.25, 0.3) is 0 Å². The predicted molar refractivity (Wildman–Crippen MR) is 21.9 cm³/mol. The van der Waals surface area contributed by atoms with Crippen LogP contribution in [0.1, 0.15) is 0 Å². The molecule has 0 heterocycles. The van der Waals surface area contributed by atoms with E-state index in [1.54, 1.807) is 0 Å². The largest absolute Gasteiger partial charge is 0.602 e. The molecule has 4 heteroatoms. The Balaban J connectivity index is -0.0000000800. The van der Waals surface area contributed by atoms with Crippen LogP contribution in [-0.2, 0) is 42.3 Å². The number of nitrogens with zero attached hydrogens (tertiary/aromatic N) is 1. The molecule has 0 aromatic heterocycles. The first-order valence-corrected chi connectivity index (χ1v) is 0.988. The standard InChI is InChI=1S/C2H3NO2.CH3.Y/c4-1-3-2-5;;/h1-2H,(H,3,4,5);1H3;/q;-1;/p-1. The van der Waals surface area contributed by atoms with E-state index in [4.69, 9.17) is 9.59 Å². The fourth-order valence-electron chi connectivity index (χ4n) is 0.0248. The fraction of sp³-hybridized carbons (Fsp3) is 0. The van der Waals surface area contributed by atoms with E-state index in [0.29, 0.717) is 0 Å². The quantitative estimate of drug-likeness (QED) is 0.443. The van der Waals surface area contributed by atoms with Crippen LogP contribution in [0.15, 0.2) is 0 Å². The van der Waals surface area contributed by atoms with Crippen molar-refractivity contribution in [1.29, 1.82) is 0 Å². The van der Waals surface area contributed by atoms with Crippen molar-refractivity contribution in [2.45, 2.75) is 0 Å². The molecule has 0 rings (SSSR count). The summed E-state index contributed by atoms with van der Waals surface area (Å²) in [6.07, 6.45) is 0.375. The predicted octanol–water partition coefficient (Wildman–Crippen LogP) is 0.121. The summed E-state index contributed by atoms with van der Waals surface area (Å²) in [6.45, 7) is 0. The van der Waals surface area contributed by atoms with Crippen molar-refractivity contribution in [3.05, 3.63) is 12.7 Å². The third kappa shape index (κ3) is 22.3. The molecule has 0 aliphatic heterocycles. The van der Waals surface area contributed by atoms with Crippen molar-refractivity contribution in [3.63, 3.8) is 0 Å². The fourth-order valence-corrected chi connectivity index (χ4v) is 0.0248. The van der Waals surface area contributed by atoms with Gasteiger partial charge in [-0.25, -0.2) is 0 Å². The van der Waals surface area contributed by atoms with Gasteiger partial charge in [0.2, 0.25) is 0 Å². The third-order valence-electron chi connectivity index (χ3n) is 0.122. The SMILES string of the molecule is O=C[N-]C=O.[CH3-].[Y]. The Labute approximate surface area is 67.7 Å². The van der Waals surface area contributed by atoms with E-state index in [0.717, 1.165) is 0 Å². The molecule has 7 heavy (non-hydrogen) atoms. The van der Waals surface area contributed by atoms with Crippen LogP contribution >= 0.6 is 0 Å². The summed E-state index contributed by atoms with van der Waals surface area (Å²) in [5, 5.41) is 2.61. The number of amides is 2. The second kappa shape index (κ2) is 16.3. The van der Waals surface area contributed by atoms with E-state index in [9.17, 15) is 0 Å². The van der Waals surface area contributed by atoms with E-state index in [-0.39, 0.29) is 53.0 Å². The molecule has 0 fully saturated rings. The number of imide groups is 1. The van der Waals surface area contributed by atoms with E-state index < -0.39 is 0 Å². The Hall–Kier alpha value is 0.244. The zero-order valence-corrected chi connectivity index (χ0v) is 6.83. The monoisotopic (exact) mass is 176 g/mol. The van der Waals surface area contributed by atoms with Gasteiger partial charge in [0.15, 0.2) is 0 Å². The van der Waals surface area contributed by atoms with Gasteiger partial charge >= 0.3 is 0 Å². The van der Waals surface area contributed by atoms with E-state index in [1.807, 2.05) is 0 Å². The van der Waals surface area contributed by atoms with Crippen molar-refractivity contribution >= 4 is 12.8 Å². The molecule has 0 spiro atoms. The van der Waals surface area contributed by atoms with Gasteiger partial charge in [-0.1, -0.05) is 0 Å². The van der Waals surface area contributed by atoms with Gasteiger partial charge in [-0.3, -0.25) is 0 Å². The third-order valence-corrected chi connectivity index (χ3v) is 0.122. The van der Waals surface area contributed by atoms with Crippen LogP contribution in [0, 0.1) is 7.43 Å². The van der Waals surface area contributed by atoms with Crippen LogP contribution in [0.5, 0.6) is 0 Å². The average molecular weight is 176 g/mol. The maximum Gasteiger partial charge on any atom is 0.0420 e. The second-order valence-corrected chi connectivity index (χ2v) is 0.360. The van der Waals surface area contributed by atoms with Crippen LogP contribution < -0.4 is 0 Å². The van der Waals surface area contributed by atoms with Crippen LogP contribution in [0.2, 0.25) is 0 Å². The molecular formula is C3H5NO2Y-2. The Morgan fingerprint density at radius 1 is 1.14 bits per heavy atom. The number of carbonyl (C=O) groups excluding carboxylic acids is 2. The minimum atomic E-state index is 0. The van der Waals surface area contributed by atoms with Gasteiger partial charge in [0.05, 0.1) is 0 Å². The smallest absolute Gasteiger partial charge is 0.0420 e. The second-order valence-electron chi connectivity index (χ2n) is 0.360. The van der Waals surface area contributed by atoms with Crippen LogP contribution in [0.4, 0.5) is 0 Å². The summed E-state index contributed by atoms with van der Waals surface area (Å²) in [5.41, 5.74) is 0. The molecule has 3 nitrogen and oxygen atoms in total. The summed E-state index contributed by atoms with van der Waals surface area (Å²) in [4.78, 5) is 18.0. The van der Waals surface area contributed by atoms with Crippen molar-refractivity contribution in [1.82, 2.24) is 0 Å². The maximum absolute atomic E-state index is 9.01. The molecule has 0 saturated carbocycles. The van der Waals surface area contributed by atoms with Gasteiger partial charge in [-0.2, -0.15) is 0 Å². The summed E-state index contributed by atoms with van der Waals surface area (Å²) in [7, 11) is 0. The summed E-state index contributed by atoms with van der Waals surface area (Å²) < 4.78 is 0. The van der Waals surface area contributed by atoms with Crippen LogP contribution in [-0.4, -0.2) is 12.8 Å². The molecule has 39 valence electrons. The normalized spacial score (nSPS) is 4.00. The molecule has 0 unspecified atom stereocenters. The number of hydrogen-bond acceptors (Lipinski definition) is 2. The molecular weight excluding hydrogens is 171 g/mol. The Kier molecular flexibility index (Phi) is 36.5. The zero-order chi connectivity index (χ0) is 4.12. The molecule has 2 amide bonds. The van der Waals surface area contributed by atoms with Crippen molar-refractivity contribution < 1.29 is 42.3 Å². The van der Waals surface area contributed by atoms with E-state index in [2.05, 4.69) is 5.32 Å². The Bertz CT molecular complexity index is 42.2. The number of carbonyl (C=O) groups is 2. The average Bonchev–Trinajstić information content (AvgIpc) is 1.41. The zero-order valence-electron chi connectivity index (χ0n) is 4.00. The molecule has 0 saturated heterocycles. The molecule has 0 bridgehead atoms. The topological polar surface area (TPSA) is 48.2 Å². The minimum Gasteiger partial charge on any atom is -0.602 e. The van der Waals surface area contributed by atoms with Gasteiger partial charge in [-0.15, -0.1) is 0 Å². The Morgan fingerprint density at radius 2 is 1.43 bits per heavy atom. The van der Waals surface area contributed by atoms with Gasteiger partial charge in [0, 0.05) is 45.5 Å². The van der Waals surface area contributed by atoms with Gasteiger partial charge < -0.3 is 22.3 Å². The molecule has 0 aromatic carbocycles. The van der Waals surface area contributed by atoms with Crippen molar-refractivity contribution in [3.8, 4) is 0 Å². The first-order chi connectivity index (χ1) is 2.41. The van der Waals surface area contributed by atoms with E-state index in [1.165, 1.54) is 0 Å². The molecule has 0 aromatic rings. The minimum absolute atomic E-state index is 0. The maximum atomic E-state index is 9.01. The van der Waals surface area contributed by atoms with Crippen molar-refractivity contribution in [2.75, 3.05) is 0 Å². The number of hydrogen-bond donors (Lipinski definition) is 0. The molecule has 0 atom stereocenters. The first-order valence-electron chi connectivity index (χ1n) is 0.988. The molecule has 0 aliphatic rings. The van der Waals surface area contributed by atoms with Crippen LogP contribution in [0.3, 0.4) is 0 Å². The molecule has 1 radical (unpaired) electrons. The van der Waals surface area contributed by atoms with Gasteiger partial charge in [0.1, 0.15) is 0 Å². The number of rotatable bonds is 2.